The zero-order valence-corrected chi connectivity index (χ0v) is 17.7. The van der Waals surface area contributed by atoms with Crippen molar-refractivity contribution >= 4 is 21.6 Å². The third-order valence-corrected chi connectivity index (χ3v) is 5.80. The second-order valence-corrected chi connectivity index (χ2v) is 8.14. The van der Waals surface area contributed by atoms with Crippen LogP contribution in [-0.2, 0) is 6.42 Å². The van der Waals surface area contributed by atoms with Gasteiger partial charge in [-0.05, 0) is 60.0 Å². The van der Waals surface area contributed by atoms with Gasteiger partial charge in [0.15, 0.2) is 6.17 Å². The lowest BCUT2D eigenvalue weighted by molar-refractivity contribution is -0.731. The molecular weight excluding hydrogens is 431 g/mol. The lowest BCUT2D eigenvalue weighted by Crippen LogP contribution is -2.89. The van der Waals surface area contributed by atoms with Crippen molar-refractivity contribution in [3.8, 4) is 5.75 Å². The molecule has 148 valence electrons. The molecule has 0 aromatic heterocycles. The first kappa shape index (κ1) is 19.7. The van der Waals surface area contributed by atoms with Crippen LogP contribution in [0.3, 0.4) is 0 Å². The molecule has 0 radical (unpaired) electrons. The third-order valence-electron chi connectivity index (χ3n) is 5.31. The number of phenols is 1. The number of nitrogens with two attached hydrogens (primary N) is 1. The van der Waals surface area contributed by atoms with E-state index in [0.717, 1.165) is 33.3 Å². The van der Waals surface area contributed by atoms with Crippen LogP contribution in [0.2, 0.25) is 0 Å². The van der Waals surface area contributed by atoms with E-state index in [1.54, 1.807) is 18.2 Å². The van der Waals surface area contributed by atoms with E-state index in [-0.39, 0.29) is 23.8 Å². The van der Waals surface area contributed by atoms with Crippen molar-refractivity contribution in [3.05, 3.63) is 105 Å². The topological polar surface area (TPSA) is 48.9 Å². The third kappa shape index (κ3) is 4.36. The summed E-state index contributed by atoms with van der Waals surface area (Å²) in [6.07, 6.45) is 3.01. The quantitative estimate of drug-likeness (QED) is 0.531. The van der Waals surface area contributed by atoms with E-state index in [1.165, 1.54) is 17.7 Å². The van der Waals surface area contributed by atoms with E-state index in [9.17, 15) is 9.50 Å². The molecule has 3 aromatic carbocycles. The van der Waals surface area contributed by atoms with E-state index in [1.807, 2.05) is 12.1 Å². The number of rotatable bonds is 4. The summed E-state index contributed by atoms with van der Waals surface area (Å²) in [6.45, 7) is 2.14. The van der Waals surface area contributed by atoms with Gasteiger partial charge in [0.2, 0.25) is 0 Å². The number of hydrogen-bond donors (Lipinski definition) is 3. The monoisotopic (exact) mass is 453 g/mol. The molecule has 0 bridgehead atoms. The first-order valence-corrected chi connectivity index (χ1v) is 10.5. The Morgan fingerprint density at radius 1 is 1.03 bits per heavy atom. The number of benzene rings is 3. The van der Waals surface area contributed by atoms with Crippen LogP contribution in [0.25, 0.3) is 5.70 Å². The molecule has 5 heteroatoms. The number of quaternary nitrogens is 1. The van der Waals surface area contributed by atoms with Gasteiger partial charge >= 0.3 is 0 Å². The Bertz CT molecular complexity index is 1030. The minimum atomic E-state index is -0.253. The van der Waals surface area contributed by atoms with Crippen molar-refractivity contribution in [1.82, 2.24) is 5.32 Å². The maximum Gasteiger partial charge on any atom is 0.186 e. The highest BCUT2D eigenvalue weighted by molar-refractivity contribution is 9.10. The van der Waals surface area contributed by atoms with Crippen molar-refractivity contribution in [1.29, 1.82) is 0 Å². The smallest absolute Gasteiger partial charge is 0.186 e. The fourth-order valence-electron chi connectivity index (χ4n) is 3.66. The van der Waals surface area contributed by atoms with Crippen molar-refractivity contribution in [2.45, 2.75) is 25.6 Å². The van der Waals surface area contributed by atoms with Crippen LogP contribution in [0.1, 0.15) is 41.4 Å². The summed E-state index contributed by atoms with van der Waals surface area (Å²) in [4.78, 5) is 0. The first-order valence-electron chi connectivity index (χ1n) is 9.70. The number of aryl methyl sites for hydroxylation is 1. The number of halogens is 2. The first-order chi connectivity index (χ1) is 14.0. The van der Waals surface area contributed by atoms with Crippen molar-refractivity contribution in [3.63, 3.8) is 0 Å². The highest BCUT2D eigenvalue weighted by Gasteiger charge is 2.29. The summed E-state index contributed by atoms with van der Waals surface area (Å²) in [6, 6.07) is 20.4. The minimum absolute atomic E-state index is 0.0929. The number of hydrogen-bond acceptors (Lipinski definition) is 2. The van der Waals surface area contributed by atoms with E-state index in [4.69, 9.17) is 0 Å². The molecule has 4 rings (SSSR count). The highest BCUT2D eigenvalue weighted by atomic mass is 79.9. The van der Waals surface area contributed by atoms with Gasteiger partial charge < -0.3 is 15.7 Å². The molecule has 1 heterocycles. The molecule has 0 amide bonds. The van der Waals surface area contributed by atoms with E-state index in [0.29, 0.717) is 0 Å². The molecule has 0 spiro atoms. The van der Waals surface area contributed by atoms with Crippen LogP contribution in [-0.4, -0.2) is 5.11 Å². The molecule has 3 aromatic rings. The average Bonchev–Trinajstić information content (AvgIpc) is 2.75. The van der Waals surface area contributed by atoms with Gasteiger partial charge in [0.05, 0.1) is 5.56 Å². The zero-order chi connectivity index (χ0) is 20.4. The molecule has 0 aliphatic carbocycles. The standard InChI is InChI=1S/C24H22BrFN2O/c1-2-15-3-5-16(6-4-15)21-14-22(20-13-18(25)9-12-23(20)29)28-24(27-21)17-7-10-19(26)11-8-17/h3-14,22,24,27-29H,2H2,1H3/p+1. The maximum absolute atomic E-state index is 13.4. The predicted octanol–water partition coefficient (Wildman–Crippen LogP) is 4.80. The number of phenolic OH excluding ortho intramolecular Hbond substituents is 1. The largest absolute Gasteiger partial charge is 0.507 e. The molecule has 4 N–H and O–H groups in total. The Hall–Kier alpha value is -2.63. The highest BCUT2D eigenvalue weighted by Crippen LogP contribution is 2.31. The van der Waals surface area contributed by atoms with Crippen LogP contribution in [0, 0.1) is 5.82 Å². The summed E-state index contributed by atoms with van der Waals surface area (Å²) in [5.74, 6) is 0.00259. The molecular formula is C24H23BrFN2O+. The van der Waals surface area contributed by atoms with E-state index >= 15 is 0 Å². The molecule has 0 saturated carbocycles. The van der Waals surface area contributed by atoms with Crippen molar-refractivity contribution < 1.29 is 14.8 Å². The van der Waals surface area contributed by atoms with Gasteiger partial charge in [-0.3, -0.25) is 0 Å². The minimum Gasteiger partial charge on any atom is -0.507 e. The Morgan fingerprint density at radius 3 is 2.45 bits per heavy atom. The molecule has 1 aliphatic heterocycles. The van der Waals surface area contributed by atoms with Crippen LogP contribution < -0.4 is 10.6 Å². The van der Waals surface area contributed by atoms with Crippen LogP contribution in [0.15, 0.2) is 77.3 Å². The van der Waals surface area contributed by atoms with Gasteiger partial charge in [-0.1, -0.05) is 47.1 Å². The Labute approximate surface area is 178 Å². The molecule has 0 fully saturated rings. The van der Waals surface area contributed by atoms with Crippen LogP contribution >= 0.6 is 15.9 Å². The lowest BCUT2D eigenvalue weighted by atomic mass is 9.97. The summed E-state index contributed by atoms with van der Waals surface area (Å²) in [5, 5.41) is 16.2. The fraction of sp³-hybridized carbons (Fsp3) is 0.167. The summed E-state index contributed by atoms with van der Waals surface area (Å²) in [5.41, 5.74) is 5.17. The summed E-state index contributed by atoms with van der Waals surface area (Å²) >= 11 is 3.50. The normalized spacial score (nSPS) is 18.8. The van der Waals surface area contributed by atoms with Gasteiger partial charge in [0.25, 0.3) is 0 Å². The zero-order valence-electron chi connectivity index (χ0n) is 16.1. The maximum atomic E-state index is 13.4. The summed E-state index contributed by atoms with van der Waals surface area (Å²) in [7, 11) is 0. The van der Waals surface area contributed by atoms with E-state index < -0.39 is 0 Å². The molecule has 2 atom stereocenters. The fourth-order valence-corrected chi connectivity index (χ4v) is 4.03. The van der Waals surface area contributed by atoms with Gasteiger partial charge in [-0.25, -0.2) is 4.39 Å². The molecule has 2 unspecified atom stereocenters. The summed E-state index contributed by atoms with van der Waals surface area (Å²) < 4.78 is 14.3. The second-order valence-electron chi connectivity index (χ2n) is 7.23. The average molecular weight is 454 g/mol. The SMILES string of the molecule is CCc1ccc(C2=CC(c3cc(Br)ccc3O)[NH2+]C(c3ccc(F)cc3)N2)cc1. The predicted molar refractivity (Wildman–Crippen MR) is 117 cm³/mol. The Kier molecular flexibility index (Phi) is 5.69. The van der Waals surface area contributed by atoms with Crippen molar-refractivity contribution in [2.75, 3.05) is 0 Å². The Morgan fingerprint density at radius 2 is 1.76 bits per heavy atom. The number of aromatic hydroxyl groups is 1. The van der Waals surface area contributed by atoms with E-state index in [2.05, 4.69) is 63.8 Å². The molecule has 3 nitrogen and oxygen atoms in total. The van der Waals surface area contributed by atoms with Crippen LogP contribution in [0.4, 0.5) is 4.39 Å². The molecule has 29 heavy (non-hydrogen) atoms. The van der Waals surface area contributed by atoms with Gasteiger partial charge in [0.1, 0.15) is 17.6 Å². The van der Waals surface area contributed by atoms with Crippen molar-refractivity contribution in [2.24, 2.45) is 0 Å². The second kappa shape index (κ2) is 8.39. The van der Waals surface area contributed by atoms with Crippen LogP contribution in [0.5, 0.6) is 5.75 Å². The lowest BCUT2D eigenvalue weighted by Gasteiger charge is -2.30. The van der Waals surface area contributed by atoms with Gasteiger partial charge in [-0.15, -0.1) is 0 Å². The number of nitrogens with one attached hydrogen (secondary N) is 1. The van der Waals surface area contributed by atoms with Gasteiger partial charge in [0, 0.05) is 21.8 Å². The van der Waals surface area contributed by atoms with Gasteiger partial charge in [-0.2, -0.15) is 0 Å². The Balaban J connectivity index is 1.75. The molecule has 0 saturated heterocycles. The molecule has 1 aliphatic rings.